The van der Waals surface area contributed by atoms with Crippen LogP contribution in [-0.4, -0.2) is 24.6 Å². The summed E-state index contributed by atoms with van der Waals surface area (Å²) in [6.07, 6.45) is 1.57. The van der Waals surface area contributed by atoms with Gasteiger partial charge in [0.15, 0.2) is 11.2 Å². The summed E-state index contributed by atoms with van der Waals surface area (Å²) in [4.78, 5) is 44.6. The van der Waals surface area contributed by atoms with Crippen molar-refractivity contribution in [3.05, 3.63) is 135 Å². The van der Waals surface area contributed by atoms with Crippen molar-refractivity contribution < 1.29 is 4.79 Å². The molecule has 0 unspecified atom stereocenters. The number of rotatable bonds is 8. The van der Waals surface area contributed by atoms with E-state index in [-0.39, 0.29) is 18.1 Å². The Bertz CT molecular complexity index is 1640. The van der Waals surface area contributed by atoms with Crippen molar-refractivity contribution in [2.24, 2.45) is 0 Å². The molecule has 5 aromatic rings. The molecule has 2 heterocycles. The van der Waals surface area contributed by atoms with Crippen LogP contribution in [0.25, 0.3) is 11.2 Å². The van der Waals surface area contributed by atoms with E-state index in [1.54, 1.807) is 10.9 Å². The fourth-order valence-corrected chi connectivity index (χ4v) is 4.44. The largest absolute Gasteiger partial charge is 0.348 e. The lowest BCUT2D eigenvalue weighted by molar-refractivity contribution is -0.122. The SMILES string of the molecule is C[C@@H](NC(=O)Cn1c(=O)c2c(ncn2Cc2ccccc2)n(Cc2ccccc2)c1=O)c1ccccc1. The average Bonchev–Trinajstić information content (AvgIpc) is 3.34. The van der Waals surface area contributed by atoms with Crippen molar-refractivity contribution in [2.45, 2.75) is 32.6 Å². The van der Waals surface area contributed by atoms with Gasteiger partial charge in [0.1, 0.15) is 6.54 Å². The average molecular weight is 494 g/mol. The minimum absolute atomic E-state index is 0.223. The lowest BCUT2D eigenvalue weighted by Crippen LogP contribution is -2.44. The van der Waals surface area contributed by atoms with Gasteiger partial charge < -0.3 is 9.88 Å². The summed E-state index contributed by atoms with van der Waals surface area (Å²) in [5.74, 6) is -0.421. The molecule has 1 N–H and O–H groups in total. The van der Waals surface area contributed by atoms with Gasteiger partial charge in [-0.1, -0.05) is 91.0 Å². The number of nitrogens with one attached hydrogen (secondary N) is 1. The number of imidazole rings is 1. The number of carbonyl (C=O) groups is 1. The van der Waals surface area contributed by atoms with E-state index in [1.807, 2.05) is 97.9 Å². The minimum atomic E-state index is -0.575. The highest BCUT2D eigenvalue weighted by Crippen LogP contribution is 2.13. The van der Waals surface area contributed by atoms with Gasteiger partial charge in [-0.2, -0.15) is 0 Å². The number of fused-ring (bicyclic) bond motifs is 1. The second kappa shape index (κ2) is 10.5. The number of hydrogen-bond acceptors (Lipinski definition) is 4. The smallest absolute Gasteiger partial charge is 0.333 e. The Morgan fingerprint density at radius 3 is 2.00 bits per heavy atom. The molecule has 0 bridgehead atoms. The highest BCUT2D eigenvalue weighted by atomic mass is 16.2. The van der Waals surface area contributed by atoms with Gasteiger partial charge in [0.2, 0.25) is 5.91 Å². The first kappa shape index (κ1) is 24.0. The van der Waals surface area contributed by atoms with E-state index >= 15 is 0 Å². The summed E-state index contributed by atoms with van der Waals surface area (Å²) >= 11 is 0. The fourth-order valence-electron chi connectivity index (χ4n) is 4.44. The van der Waals surface area contributed by atoms with Crippen molar-refractivity contribution in [2.75, 3.05) is 0 Å². The molecule has 5 rings (SSSR count). The standard InChI is InChI=1S/C29H27N5O3/c1-21(24-15-9-4-10-16-24)31-25(35)19-34-28(36)26-27(30-20-32(26)17-22-11-5-2-6-12-22)33(29(34)37)18-23-13-7-3-8-14-23/h2-16,20-21H,17-19H2,1H3,(H,31,35)/t21-/m1/s1. The van der Waals surface area contributed by atoms with E-state index in [9.17, 15) is 14.4 Å². The summed E-state index contributed by atoms with van der Waals surface area (Å²) < 4.78 is 4.19. The number of carbonyl (C=O) groups excluding carboxylic acids is 1. The normalized spacial score (nSPS) is 11.9. The Morgan fingerprint density at radius 1 is 0.811 bits per heavy atom. The molecule has 37 heavy (non-hydrogen) atoms. The zero-order valence-corrected chi connectivity index (χ0v) is 20.4. The third-order valence-electron chi connectivity index (χ3n) is 6.34. The molecule has 3 aromatic carbocycles. The molecule has 8 nitrogen and oxygen atoms in total. The van der Waals surface area contributed by atoms with Gasteiger partial charge in [0.05, 0.1) is 18.9 Å². The molecule has 186 valence electrons. The molecule has 0 saturated heterocycles. The lowest BCUT2D eigenvalue weighted by Gasteiger charge is -2.16. The van der Waals surface area contributed by atoms with Gasteiger partial charge in [0.25, 0.3) is 5.56 Å². The molecule has 8 heteroatoms. The van der Waals surface area contributed by atoms with Crippen molar-refractivity contribution >= 4 is 17.1 Å². The quantitative estimate of drug-likeness (QED) is 0.359. The third kappa shape index (κ3) is 5.13. The van der Waals surface area contributed by atoms with Crippen LogP contribution in [0.3, 0.4) is 0 Å². The highest BCUT2D eigenvalue weighted by Gasteiger charge is 2.21. The van der Waals surface area contributed by atoms with E-state index in [0.29, 0.717) is 12.2 Å². The summed E-state index contributed by atoms with van der Waals surface area (Å²) in [6, 6.07) is 28.4. The monoisotopic (exact) mass is 493 g/mol. The summed E-state index contributed by atoms with van der Waals surface area (Å²) in [5, 5.41) is 2.90. The van der Waals surface area contributed by atoms with E-state index in [2.05, 4.69) is 10.3 Å². The molecular formula is C29H27N5O3. The van der Waals surface area contributed by atoms with Crippen LogP contribution in [0.2, 0.25) is 0 Å². The molecular weight excluding hydrogens is 466 g/mol. The van der Waals surface area contributed by atoms with Crippen LogP contribution in [0.15, 0.2) is 107 Å². The first-order chi connectivity index (χ1) is 18.0. The number of hydrogen-bond donors (Lipinski definition) is 1. The topological polar surface area (TPSA) is 90.9 Å². The third-order valence-corrected chi connectivity index (χ3v) is 6.34. The van der Waals surface area contributed by atoms with E-state index in [0.717, 1.165) is 21.3 Å². The van der Waals surface area contributed by atoms with Gasteiger partial charge in [-0.15, -0.1) is 0 Å². The van der Waals surface area contributed by atoms with Crippen LogP contribution in [0.4, 0.5) is 0 Å². The number of aromatic nitrogens is 4. The number of nitrogens with zero attached hydrogens (tertiary/aromatic N) is 4. The molecule has 0 spiro atoms. The summed E-state index contributed by atoms with van der Waals surface area (Å²) in [5.41, 5.74) is 2.27. The molecule has 0 aliphatic carbocycles. The molecule has 0 aliphatic heterocycles. The number of benzene rings is 3. The Labute approximate surface area is 213 Å². The highest BCUT2D eigenvalue weighted by molar-refractivity contribution is 5.77. The van der Waals surface area contributed by atoms with E-state index < -0.39 is 23.7 Å². The van der Waals surface area contributed by atoms with Crippen LogP contribution in [-0.2, 0) is 24.4 Å². The zero-order chi connectivity index (χ0) is 25.8. The number of amides is 1. The van der Waals surface area contributed by atoms with E-state index in [4.69, 9.17) is 0 Å². The maximum absolute atomic E-state index is 13.6. The molecule has 1 amide bonds. The van der Waals surface area contributed by atoms with Gasteiger partial charge in [-0.25, -0.2) is 14.3 Å². The first-order valence-electron chi connectivity index (χ1n) is 12.1. The minimum Gasteiger partial charge on any atom is -0.348 e. The van der Waals surface area contributed by atoms with Crippen LogP contribution >= 0.6 is 0 Å². The predicted octanol–water partition coefficient (Wildman–Crippen LogP) is 3.33. The zero-order valence-electron chi connectivity index (χ0n) is 20.4. The molecule has 2 aromatic heterocycles. The van der Waals surface area contributed by atoms with E-state index in [1.165, 1.54) is 4.57 Å². The second-order valence-corrected chi connectivity index (χ2v) is 8.98. The Balaban J connectivity index is 1.56. The summed E-state index contributed by atoms with van der Waals surface area (Å²) in [6.45, 7) is 2.10. The van der Waals surface area contributed by atoms with Crippen LogP contribution in [0, 0.1) is 0 Å². The predicted molar refractivity (Wildman–Crippen MR) is 142 cm³/mol. The maximum atomic E-state index is 13.6. The van der Waals surface area contributed by atoms with Gasteiger partial charge in [0, 0.05) is 6.54 Å². The Kier molecular flexibility index (Phi) is 6.81. The molecule has 0 aliphatic rings. The lowest BCUT2D eigenvalue weighted by atomic mass is 10.1. The van der Waals surface area contributed by atoms with Crippen LogP contribution in [0.1, 0.15) is 29.7 Å². The Morgan fingerprint density at radius 2 is 1.38 bits per heavy atom. The maximum Gasteiger partial charge on any atom is 0.333 e. The van der Waals surface area contributed by atoms with Gasteiger partial charge >= 0.3 is 5.69 Å². The van der Waals surface area contributed by atoms with Crippen molar-refractivity contribution in [1.82, 2.24) is 24.0 Å². The molecule has 0 saturated carbocycles. The van der Waals surface area contributed by atoms with Crippen molar-refractivity contribution in [3.63, 3.8) is 0 Å². The molecule has 0 radical (unpaired) electrons. The molecule has 1 atom stereocenters. The van der Waals surface area contributed by atoms with Crippen LogP contribution in [0.5, 0.6) is 0 Å². The fraction of sp³-hybridized carbons (Fsp3) is 0.172. The second-order valence-electron chi connectivity index (χ2n) is 8.98. The van der Waals surface area contributed by atoms with Gasteiger partial charge in [-0.05, 0) is 23.6 Å². The first-order valence-corrected chi connectivity index (χ1v) is 12.1. The van der Waals surface area contributed by atoms with Crippen LogP contribution < -0.4 is 16.6 Å². The summed E-state index contributed by atoms with van der Waals surface area (Å²) in [7, 11) is 0. The Hall–Kier alpha value is -4.72. The van der Waals surface area contributed by atoms with Gasteiger partial charge in [-0.3, -0.25) is 14.2 Å². The van der Waals surface area contributed by atoms with Crippen molar-refractivity contribution in [3.8, 4) is 0 Å². The molecule has 0 fully saturated rings. The van der Waals surface area contributed by atoms with Crippen molar-refractivity contribution in [1.29, 1.82) is 0 Å².